The number of carbonyl (C=O) groups is 1. The standard InChI is InChI=1S/C21H20N4O2/c1-27-20-14(9-4-10-23-20)13-7-3-8-15-18(22)17-16(24-19(13)15)11-25(21(17)26)12-5-2-6-12/h3-4,7-10,12H,2,5-6,11H2,1H3,(H2,22,24). The number of aromatic nitrogens is 2. The third-order valence-corrected chi connectivity index (χ3v) is 5.70. The van der Waals surface area contributed by atoms with E-state index in [0.717, 1.165) is 40.6 Å². The third kappa shape index (κ3) is 2.29. The van der Waals surface area contributed by atoms with Gasteiger partial charge >= 0.3 is 0 Å². The second-order valence-corrected chi connectivity index (χ2v) is 7.13. The SMILES string of the molecule is COc1ncccc1-c1cccc2c(N)c3c(nc12)CN(C1CCC1)C3=O. The minimum atomic E-state index is 0.0194. The zero-order chi connectivity index (χ0) is 18.5. The van der Waals surface area contributed by atoms with Crippen LogP contribution < -0.4 is 10.5 Å². The fourth-order valence-electron chi connectivity index (χ4n) is 4.06. The summed E-state index contributed by atoms with van der Waals surface area (Å²) >= 11 is 0. The number of carbonyl (C=O) groups excluding carboxylic acids is 1. The second-order valence-electron chi connectivity index (χ2n) is 7.13. The normalized spacial score (nSPS) is 16.5. The number of ether oxygens (including phenoxy) is 1. The number of para-hydroxylation sites is 1. The molecule has 2 N–H and O–H groups in total. The molecule has 0 atom stereocenters. The number of hydrogen-bond donors (Lipinski definition) is 1. The second kappa shape index (κ2) is 5.94. The Hall–Kier alpha value is -3.15. The van der Waals surface area contributed by atoms with E-state index in [1.54, 1.807) is 13.3 Å². The molecule has 0 spiro atoms. The Morgan fingerprint density at radius 2 is 2.00 bits per heavy atom. The predicted molar refractivity (Wildman–Crippen MR) is 103 cm³/mol. The predicted octanol–water partition coefficient (Wildman–Crippen LogP) is 3.40. The van der Waals surface area contributed by atoms with E-state index in [4.69, 9.17) is 15.5 Å². The van der Waals surface area contributed by atoms with E-state index in [0.29, 0.717) is 29.7 Å². The topological polar surface area (TPSA) is 81.3 Å². The number of hydrogen-bond acceptors (Lipinski definition) is 5. The number of pyridine rings is 2. The molecular weight excluding hydrogens is 340 g/mol. The molecule has 3 heterocycles. The lowest BCUT2D eigenvalue weighted by atomic mass is 9.92. The van der Waals surface area contributed by atoms with Crippen LogP contribution >= 0.6 is 0 Å². The summed E-state index contributed by atoms with van der Waals surface area (Å²) in [5.74, 6) is 0.559. The summed E-state index contributed by atoms with van der Waals surface area (Å²) in [6.45, 7) is 0.539. The molecule has 0 saturated heterocycles. The lowest BCUT2D eigenvalue weighted by Crippen LogP contribution is -2.40. The summed E-state index contributed by atoms with van der Waals surface area (Å²) in [5, 5.41) is 0.793. The molecule has 6 heteroatoms. The molecule has 5 rings (SSSR count). The number of fused-ring (bicyclic) bond motifs is 2. The van der Waals surface area contributed by atoms with Gasteiger partial charge in [0.25, 0.3) is 5.91 Å². The van der Waals surface area contributed by atoms with Crippen molar-refractivity contribution < 1.29 is 9.53 Å². The summed E-state index contributed by atoms with van der Waals surface area (Å²) in [4.78, 5) is 24.0. The quantitative estimate of drug-likeness (QED) is 0.774. The first-order valence-corrected chi connectivity index (χ1v) is 9.20. The smallest absolute Gasteiger partial charge is 0.258 e. The number of rotatable bonds is 3. The lowest BCUT2D eigenvalue weighted by Gasteiger charge is -2.34. The molecule has 1 aliphatic carbocycles. The van der Waals surface area contributed by atoms with Crippen LogP contribution in [0.5, 0.6) is 5.88 Å². The molecule has 1 amide bonds. The first-order chi connectivity index (χ1) is 13.2. The maximum atomic E-state index is 12.9. The van der Waals surface area contributed by atoms with Gasteiger partial charge in [0.2, 0.25) is 5.88 Å². The summed E-state index contributed by atoms with van der Waals surface area (Å²) in [5.41, 5.74) is 10.9. The van der Waals surface area contributed by atoms with Gasteiger partial charge < -0.3 is 15.4 Å². The molecule has 1 saturated carbocycles. The van der Waals surface area contributed by atoms with Gasteiger partial charge in [-0.3, -0.25) is 4.79 Å². The van der Waals surface area contributed by atoms with Gasteiger partial charge in [-0.15, -0.1) is 0 Å². The first-order valence-electron chi connectivity index (χ1n) is 9.20. The molecule has 6 nitrogen and oxygen atoms in total. The molecule has 2 aromatic heterocycles. The highest BCUT2D eigenvalue weighted by molar-refractivity contribution is 6.11. The molecular formula is C21H20N4O2. The van der Waals surface area contributed by atoms with E-state index in [2.05, 4.69) is 4.98 Å². The minimum absolute atomic E-state index is 0.0194. The molecule has 3 aromatic rings. The summed E-state index contributed by atoms with van der Waals surface area (Å²) in [7, 11) is 1.60. The highest BCUT2D eigenvalue weighted by Gasteiger charge is 2.38. The molecule has 2 aliphatic rings. The van der Waals surface area contributed by atoms with Crippen molar-refractivity contribution in [3.05, 3.63) is 47.8 Å². The zero-order valence-electron chi connectivity index (χ0n) is 15.1. The molecule has 1 aromatic carbocycles. The number of nitrogens with zero attached hydrogens (tertiary/aromatic N) is 3. The lowest BCUT2D eigenvalue weighted by molar-refractivity contribution is 0.0606. The summed E-state index contributed by atoms with van der Waals surface area (Å²) in [6, 6.07) is 9.99. The molecule has 0 radical (unpaired) electrons. The van der Waals surface area contributed by atoms with Crippen LogP contribution in [0.3, 0.4) is 0 Å². The monoisotopic (exact) mass is 360 g/mol. The van der Waals surface area contributed by atoms with E-state index in [1.807, 2.05) is 35.2 Å². The van der Waals surface area contributed by atoms with Gasteiger partial charge in [-0.1, -0.05) is 18.2 Å². The van der Waals surface area contributed by atoms with Crippen LogP contribution in [-0.4, -0.2) is 33.9 Å². The Morgan fingerprint density at radius 1 is 1.19 bits per heavy atom. The largest absolute Gasteiger partial charge is 0.481 e. The van der Waals surface area contributed by atoms with Crippen LogP contribution in [0.2, 0.25) is 0 Å². The Labute approximate surface area is 157 Å². The molecule has 1 aliphatic heterocycles. The highest BCUT2D eigenvalue weighted by atomic mass is 16.5. The Kier molecular flexibility index (Phi) is 3.53. The maximum absolute atomic E-state index is 12.9. The van der Waals surface area contributed by atoms with Gasteiger partial charge in [0.05, 0.1) is 36.1 Å². The van der Waals surface area contributed by atoms with Crippen LogP contribution in [-0.2, 0) is 6.54 Å². The van der Waals surface area contributed by atoms with Gasteiger partial charge in [0.15, 0.2) is 0 Å². The van der Waals surface area contributed by atoms with E-state index in [9.17, 15) is 4.79 Å². The summed E-state index contributed by atoms with van der Waals surface area (Å²) in [6.07, 6.45) is 5.01. The van der Waals surface area contributed by atoms with Crippen molar-refractivity contribution in [3.63, 3.8) is 0 Å². The van der Waals surface area contributed by atoms with Crippen LogP contribution in [0.25, 0.3) is 22.0 Å². The average molecular weight is 360 g/mol. The van der Waals surface area contributed by atoms with Gasteiger partial charge in [0, 0.05) is 28.8 Å². The number of nitrogens with two attached hydrogens (primary N) is 1. The number of anilines is 1. The number of benzene rings is 1. The van der Waals surface area contributed by atoms with Gasteiger partial charge in [-0.2, -0.15) is 0 Å². The Morgan fingerprint density at radius 3 is 2.74 bits per heavy atom. The summed E-state index contributed by atoms with van der Waals surface area (Å²) < 4.78 is 5.43. The fraction of sp³-hybridized carbons (Fsp3) is 0.286. The van der Waals surface area contributed by atoms with E-state index >= 15 is 0 Å². The Balaban J connectivity index is 1.71. The van der Waals surface area contributed by atoms with Crippen molar-refractivity contribution in [1.29, 1.82) is 0 Å². The number of amides is 1. The van der Waals surface area contributed by atoms with E-state index in [1.165, 1.54) is 6.42 Å². The van der Waals surface area contributed by atoms with Crippen molar-refractivity contribution >= 4 is 22.5 Å². The highest BCUT2D eigenvalue weighted by Crippen LogP contribution is 2.40. The average Bonchev–Trinajstić information content (AvgIpc) is 2.96. The Bertz CT molecular complexity index is 1080. The zero-order valence-corrected chi connectivity index (χ0v) is 15.1. The van der Waals surface area contributed by atoms with Crippen molar-refractivity contribution in [2.45, 2.75) is 31.8 Å². The number of nitrogen functional groups attached to an aromatic ring is 1. The maximum Gasteiger partial charge on any atom is 0.258 e. The van der Waals surface area contributed by atoms with Crippen LogP contribution in [0, 0.1) is 0 Å². The fourth-order valence-corrected chi connectivity index (χ4v) is 4.06. The van der Waals surface area contributed by atoms with E-state index in [-0.39, 0.29) is 5.91 Å². The van der Waals surface area contributed by atoms with Crippen molar-refractivity contribution in [2.75, 3.05) is 12.8 Å². The number of methoxy groups -OCH3 is 1. The molecule has 27 heavy (non-hydrogen) atoms. The van der Waals surface area contributed by atoms with Crippen LogP contribution in [0.1, 0.15) is 35.3 Å². The van der Waals surface area contributed by atoms with Crippen LogP contribution in [0.4, 0.5) is 5.69 Å². The molecule has 0 unspecified atom stereocenters. The van der Waals surface area contributed by atoms with Gasteiger partial charge in [-0.05, 0) is 31.4 Å². The molecule has 1 fully saturated rings. The van der Waals surface area contributed by atoms with E-state index < -0.39 is 0 Å². The third-order valence-electron chi connectivity index (χ3n) is 5.70. The van der Waals surface area contributed by atoms with Crippen LogP contribution in [0.15, 0.2) is 36.5 Å². The van der Waals surface area contributed by atoms with Gasteiger partial charge in [0.1, 0.15) is 0 Å². The van der Waals surface area contributed by atoms with Gasteiger partial charge in [-0.25, -0.2) is 9.97 Å². The molecule has 0 bridgehead atoms. The van der Waals surface area contributed by atoms with Crippen molar-refractivity contribution in [1.82, 2.24) is 14.9 Å². The minimum Gasteiger partial charge on any atom is -0.481 e. The van der Waals surface area contributed by atoms with Crippen molar-refractivity contribution in [2.24, 2.45) is 0 Å². The van der Waals surface area contributed by atoms with Crippen molar-refractivity contribution in [3.8, 4) is 17.0 Å². The molecule has 136 valence electrons. The first kappa shape index (κ1) is 16.1.